The molecule has 2 heteroatoms. The Kier molecular flexibility index (Phi) is 4.18. The molecule has 1 rings (SSSR count). The van der Waals surface area contributed by atoms with Crippen molar-refractivity contribution in [2.45, 2.75) is 65.8 Å². The first-order valence-corrected chi connectivity index (χ1v) is 6.22. The van der Waals surface area contributed by atoms with Crippen LogP contribution >= 0.6 is 0 Å². The van der Waals surface area contributed by atoms with Crippen LogP contribution in [0, 0.1) is 11.3 Å². The Morgan fingerprint density at radius 1 is 1.20 bits per heavy atom. The summed E-state index contributed by atoms with van der Waals surface area (Å²) in [7, 11) is 0. The second-order valence-corrected chi connectivity index (χ2v) is 5.91. The molecule has 88 valence electrons. The van der Waals surface area contributed by atoms with Gasteiger partial charge in [-0.1, -0.05) is 40.0 Å². The van der Waals surface area contributed by atoms with Gasteiger partial charge in [0.15, 0.2) is 0 Å². The molecule has 0 radical (unpaired) electrons. The maximum Gasteiger partial charge on any atom is 0.225 e. The predicted molar refractivity (Wildman–Crippen MR) is 63.6 cm³/mol. The van der Waals surface area contributed by atoms with Crippen molar-refractivity contribution in [2.24, 2.45) is 11.3 Å². The van der Waals surface area contributed by atoms with Crippen molar-refractivity contribution >= 4 is 5.91 Å². The molecule has 0 spiro atoms. The summed E-state index contributed by atoms with van der Waals surface area (Å²) in [4.78, 5) is 11.8. The molecule has 1 saturated carbocycles. The van der Waals surface area contributed by atoms with Gasteiger partial charge < -0.3 is 5.32 Å². The lowest BCUT2D eigenvalue weighted by Gasteiger charge is -2.30. The van der Waals surface area contributed by atoms with Gasteiger partial charge in [0.05, 0.1) is 0 Å². The van der Waals surface area contributed by atoms with Crippen LogP contribution in [0.15, 0.2) is 0 Å². The Bertz CT molecular complexity index is 211. The van der Waals surface area contributed by atoms with E-state index in [1.807, 2.05) is 20.8 Å². The van der Waals surface area contributed by atoms with Gasteiger partial charge in [-0.05, 0) is 25.7 Å². The Morgan fingerprint density at radius 2 is 1.73 bits per heavy atom. The Morgan fingerprint density at radius 3 is 2.20 bits per heavy atom. The molecule has 0 saturated heterocycles. The lowest BCUT2D eigenvalue weighted by molar-refractivity contribution is -0.129. The first kappa shape index (κ1) is 12.5. The minimum absolute atomic E-state index is 0.181. The lowest BCUT2D eigenvalue weighted by atomic mass is 9.84. The third kappa shape index (κ3) is 3.84. The minimum Gasteiger partial charge on any atom is -0.353 e. The average Bonchev–Trinajstić information content (AvgIpc) is 2.17. The van der Waals surface area contributed by atoms with Gasteiger partial charge in [0.1, 0.15) is 0 Å². The highest BCUT2D eigenvalue weighted by atomic mass is 16.2. The number of carbonyl (C=O) groups is 1. The van der Waals surface area contributed by atoms with Gasteiger partial charge >= 0.3 is 0 Å². The van der Waals surface area contributed by atoms with E-state index in [-0.39, 0.29) is 11.3 Å². The number of nitrogens with one attached hydrogen (secondary N) is 1. The fraction of sp³-hybridized carbons (Fsp3) is 0.923. The van der Waals surface area contributed by atoms with E-state index >= 15 is 0 Å². The summed E-state index contributed by atoms with van der Waals surface area (Å²) >= 11 is 0. The summed E-state index contributed by atoms with van der Waals surface area (Å²) in [6.45, 7) is 8.06. The quantitative estimate of drug-likeness (QED) is 0.747. The Hall–Kier alpha value is -0.530. The normalized spacial score (nSPS) is 21.1. The van der Waals surface area contributed by atoms with Gasteiger partial charge in [0, 0.05) is 11.5 Å². The van der Waals surface area contributed by atoms with E-state index in [0.717, 1.165) is 0 Å². The molecule has 0 aromatic rings. The molecule has 15 heavy (non-hydrogen) atoms. The molecule has 1 aliphatic carbocycles. The van der Waals surface area contributed by atoms with Gasteiger partial charge in [0.25, 0.3) is 0 Å². The van der Waals surface area contributed by atoms with Gasteiger partial charge in [-0.2, -0.15) is 0 Å². The van der Waals surface area contributed by atoms with Crippen molar-refractivity contribution < 1.29 is 4.79 Å². The van der Waals surface area contributed by atoms with Crippen LogP contribution in [0.25, 0.3) is 0 Å². The highest BCUT2D eigenvalue weighted by Crippen LogP contribution is 2.26. The van der Waals surface area contributed by atoms with Crippen LogP contribution in [0.5, 0.6) is 0 Å². The monoisotopic (exact) mass is 211 g/mol. The van der Waals surface area contributed by atoms with E-state index in [2.05, 4.69) is 12.2 Å². The number of hydrogen-bond acceptors (Lipinski definition) is 1. The SMILES string of the molecule is C[C@@H](NC(=O)C(C)(C)C)C1CCCCC1. The molecular formula is C13H25NO. The summed E-state index contributed by atoms with van der Waals surface area (Å²) in [6.07, 6.45) is 6.61. The van der Waals surface area contributed by atoms with Gasteiger partial charge in [-0.3, -0.25) is 4.79 Å². The highest BCUT2D eigenvalue weighted by Gasteiger charge is 2.26. The van der Waals surface area contributed by atoms with Crippen LogP contribution in [0.2, 0.25) is 0 Å². The zero-order valence-corrected chi connectivity index (χ0v) is 10.6. The molecule has 0 bridgehead atoms. The van der Waals surface area contributed by atoms with E-state index < -0.39 is 0 Å². The molecular weight excluding hydrogens is 186 g/mol. The maximum absolute atomic E-state index is 11.8. The van der Waals surface area contributed by atoms with Crippen LogP contribution in [-0.4, -0.2) is 11.9 Å². The highest BCUT2D eigenvalue weighted by molar-refractivity contribution is 5.81. The largest absolute Gasteiger partial charge is 0.353 e. The van der Waals surface area contributed by atoms with E-state index in [4.69, 9.17) is 0 Å². The second-order valence-electron chi connectivity index (χ2n) is 5.91. The molecule has 1 N–H and O–H groups in total. The number of rotatable bonds is 2. The van der Waals surface area contributed by atoms with E-state index in [1.54, 1.807) is 0 Å². The van der Waals surface area contributed by atoms with Crippen molar-refractivity contribution in [2.75, 3.05) is 0 Å². The van der Waals surface area contributed by atoms with Gasteiger partial charge in [-0.25, -0.2) is 0 Å². The lowest BCUT2D eigenvalue weighted by Crippen LogP contribution is -2.44. The van der Waals surface area contributed by atoms with Crippen molar-refractivity contribution in [3.63, 3.8) is 0 Å². The zero-order valence-electron chi connectivity index (χ0n) is 10.6. The summed E-state index contributed by atoms with van der Waals surface area (Å²) in [6, 6.07) is 0.344. The number of carbonyl (C=O) groups excluding carboxylic acids is 1. The molecule has 1 aliphatic rings. The molecule has 1 amide bonds. The van der Waals surface area contributed by atoms with Gasteiger partial charge in [-0.15, -0.1) is 0 Å². The van der Waals surface area contributed by atoms with Gasteiger partial charge in [0.2, 0.25) is 5.91 Å². The predicted octanol–water partition coefficient (Wildman–Crippen LogP) is 3.12. The standard InChI is InChI=1S/C13H25NO/c1-10(11-8-6-5-7-9-11)14-12(15)13(2,3)4/h10-11H,5-9H2,1-4H3,(H,14,15)/t10-/m1/s1. The average molecular weight is 211 g/mol. The minimum atomic E-state index is -0.261. The Balaban J connectivity index is 2.40. The molecule has 0 aromatic carbocycles. The smallest absolute Gasteiger partial charge is 0.225 e. The van der Waals surface area contributed by atoms with Crippen molar-refractivity contribution in [1.29, 1.82) is 0 Å². The van der Waals surface area contributed by atoms with Crippen molar-refractivity contribution in [3.8, 4) is 0 Å². The molecule has 0 heterocycles. The van der Waals surface area contributed by atoms with E-state index in [1.165, 1.54) is 32.1 Å². The molecule has 1 fully saturated rings. The molecule has 0 aliphatic heterocycles. The molecule has 2 nitrogen and oxygen atoms in total. The van der Waals surface area contributed by atoms with E-state index in [9.17, 15) is 4.79 Å². The first-order valence-electron chi connectivity index (χ1n) is 6.22. The summed E-state index contributed by atoms with van der Waals surface area (Å²) in [5.41, 5.74) is -0.261. The second kappa shape index (κ2) is 5.00. The number of amides is 1. The maximum atomic E-state index is 11.8. The fourth-order valence-corrected chi connectivity index (χ4v) is 2.18. The third-order valence-electron chi connectivity index (χ3n) is 3.40. The van der Waals surface area contributed by atoms with Crippen LogP contribution < -0.4 is 5.32 Å². The molecule has 0 aromatic heterocycles. The Labute approximate surface area is 93.8 Å². The van der Waals surface area contributed by atoms with Crippen LogP contribution in [0.3, 0.4) is 0 Å². The van der Waals surface area contributed by atoms with Crippen molar-refractivity contribution in [1.82, 2.24) is 5.32 Å². The topological polar surface area (TPSA) is 29.1 Å². The van der Waals surface area contributed by atoms with Crippen molar-refractivity contribution in [3.05, 3.63) is 0 Å². The van der Waals surface area contributed by atoms with E-state index in [0.29, 0.717) is 12.0 Å². The zero-order chi connectivity index (χ0) is 11.5. The molecule has 0 unspecified atom stereocenters. The van der Waals surface area contributed by atoms with Crippen LogP contribution in [0.1, 0.15) is 59.8 Å². The summed E-state index contributed by atoms with van der Waals surface area (Å²) < 4.78 is 0. The molecule has 1 atom stereocenters. The summed E-state index contributed by atoms with van der Waals surface area (Å²) in [5, 5.41) is 3.15. The summed E-state index contributed by atoms with van der Waals surface area (Å²) in [5.74, 6) is 0.880. The fourth-order valence-electron chi connectivity index (χ4n) is 2.18. The number of hydrogen-bond donors (Lipinski definition) is 1. The third-order valence-corrected chi connectivity index (χ3v) is 3.40. The van der Waals surface area contributed by atoms with Crippen LogP contribution in [-0.2, 0) is 4.79 Å². The van der Waals surface area contributed by atoms with Crippen LogP contribution in [0.4, 0.5) is 0 Å². The first-order chi connectivity index (χ1) is 6.91.